The summed E-state index contributed by atoms with van der Waals surface area (Å²) in [6, 6.07) is 0. The first-order valence-corrected chi connectivity index (χ1v) is 6.81. The van der Waals surface area contributed by atoms with Crippen molar-refractivity contribution >= 4 is 23.2 Å². The monoisotopic (exact) mass is 260 g/mol. The van der Waals surface area contributed by atoms with E-state index in [2.05, 4.69) is 12.0 Å². The van der Waals surface area contributed by atoms with Crippen LogP contribution in [-0.2, 0) is 13.0 Å². The summed E-state index contributed by atoms with van der Waals surface area (Å²) in [5.74, 6) is 0.733. The summed E-state index contributed by atoms with van der Waals surface area (Å²) < 4.78 is 2.02. The van der Waals surface area contributed by atoms with Crippen molar-refractivity contribution in [1.82, 2.24) is 9.78 Å². The van der Waals surface area contributed by atoms with Crippen molar-refractivity contribution < 1.29 is 0 Å². The van der Waals surface area contributed by atoms with E-state index in [0.29, 0.717) is 0 Å². The number of hydrogen-bond donors (Lipinski definition) is 0. The number of aryl methyl sites for hydroxylation is 2. The molecule has 16 heavy (non-hydrogen) atoms. The Balaban J connectivity index is 2.26. The third-order valence-corrected chi connectivity index (χ3v) is 4.75. The molecular weight excluding hydrogens is 243 g/mol. The summed E-state index contributed by atoms with van der Waals surface area (Å²) in [5.41, 5.74) is 2.38. The zero-order chi connectivity index (χ0) is 11.8. The van der Waals surface area contributed by atoms with Crippen LogP contribution in [0.2, 0.25) is 5.02 Å². The molecule has 2 nitrogen and oxygen atoms in total. The summed E-state index contributed by atoms with van der Waals surface area (Å²) in [7, 11) is 0. The molecule has 1 heterocycles. The molecule has 0 aliphatic heterocycles. The van der Waals surface area contributed by atoms with E-state index in [1.54, 1.807) is 0 Å². The van der Waals surface area contributed by atoms with E-state index in [1.807, 2.05) is 11.6 Å². The Morgan fingerprint density at radius 1 is 1.44 bits per heavy atom. The molecule has 0 aromatic carbocycles. The fourth-order valence-electron chi connectivity index (χ4n) is 2.43. The molecule has 0 saturated heterocycles. The minimum atomic E-state index is 0.282. The lowest BCUT2D eigenvalue weighted by atomic mass is 9.67. The highest BCUT2D eigenvalue weighted by atomic mass is 35.5. The topological polar surface area (TPSA) is 17.8 Å². The molecule has 1 aromatic heterocycles. The number of halogens is 2. The molecule has 0 radical (unpaired) electrons. The first-order valence-electron chi connectivity index (χ1n) is 5.89. The van der Waals surface area contributed by atoms with E-state index in [1.165, 1.54) is 25.0 Å². The number of alkyl halides is 1. The van der Waals surface area contributed by atoms with Crippen molar-refractivity contribution in [3.05, 3.63) is 16.4 Å². The molecule has 0 unspecified atom stereocenters. The van der Waals surface area contributed by atoms with E-state index in [0.717, 1.165) is 29.6 Å². The average molecular weight is 261 g/mol. The summed E-state index contributed by atoms with van der Waals surface area (Å²) in [4.78, 5) is 0. The summed E-state index contributed by atoms with van der Waals surface area (Å²) in [5, 5.41) is 5.28. The van der Waals surface area contributed by atoms with Crippen LogP contribution in [0, 0.1) is 12.3 Å². The Labute approximate surface area is 107 Å². The Morgan fingerprint density at radius 2 is 2.12 bits per heavy atom. The zero-order valence-electron chi connectivity index (χ0n) is 9.89. The molecule has 0 atom stereocenters. The quantitative estimate of drug-likeness (QED) is 0.753. The highest BCUT2D eigenvalue weighted by Crippen LogP contribution is 2.45. The van der Waals surface area contributed by atoms with Gasteiger partial charge in [0.2, 0.25) is 0 Å². The summed E-state index contributed by atoms with van der Waals surface area (Å²) >= 11 is 12.4. The Kier molecular flexibility index (Phi) is 3.50. The Bertz CT molecular complexity index is 375. The van der Waals surface area contributed by atoms with Gasteiger partial charge < -0.3 is 0 Å². The molecule has 1 aliphatic carbocycles. The van der Waals surface area contributed by atoms with Crippen molar-refractivity contribution in [1.29, 1.82) is 0 Å². The highest BCUT2D eigenvalue weighted by molar-refractivity contribution is 6.31. The van der Waals surface area contributed by atoms with Gasteiger partial charge in [-0.05, 0) is 38.5 Å². The van der Waals surface area contributed by atoms with Crippen molar-refractivity contribution in [2.75, 3.05) is 5.88 Å². The van der Waals surface area contributed by atoms with Gasteiger partial charge in [0, 0.05) is 12.4 Å². The molecule has 90 valence electrons. The van der Waals surface area contributed by atoms with Crippen molar-refractivity contribution in [3.8, 4) is 0 Å². The third kappa shape index (κ3) is 1.98. The second-order valence-electron chi connectivity index (χ2n) is 4.83. The molecule has 2 rings (SSSR count). The lowest BCUT2D eigenvalue weighted by Gasteiger charge is -2.40. The molecule has 1 aromatic rings. The molecule has 1 aliphatic rings. The van der Waals surface area contributed by atoms with Crippen LogP contribution < -0.4 is 0 Å². The fourth-order valence-corrected chi connectivity index (χ4v) is 2.99. The highest BCUT2D eigenvalue weighted by Gasteiger charge is 2.37. The van der Waals surface area contributed by atoms with Crippen LogP contribution in [0.1, 0.15) is 37.6 Å². The van der Waals surface area contributed by atoms with Crippen molar-refractivity contribution in [2.45, 2.75) is 46.1 Å². The molecule has 4 heteroatoms. The maximum absolute atomic E-state index is 6.31. The first kappa shape index (κ1) is 12.3. The van der Waals surface area contributed by atoms with Gasteiger partial charge in [0.15, 0.2) is 0 Å². The molecule has 1 saturated carbocycles. The molecule has 0 amide bonds. The van der Waals surface area contributed by atoms with Crippen LogP contribution in [0.4, 0.5) is 0 Å². The Hall–Kier alpha value is -0.210. The van der Waals surface area contributed by atoms with Crippen LogP contribution >= 0.6 is 23.2 Å². The second kappa shape index (κ2) is 4.58. The van der Waals surface area contributed by atoms with Crippen LogP contribution in [0.3, 0.4) is 0 Å². The SMILES string of the molecule is CCn1nc(C)c(Cl)c1CC1(CCl)CCC1. The maximum Gasteiger partial charge on any atom is 0.0847 e. The van der Waals surface area contributed by atoms with Crippen LogP contribution in [0.25, 0.3) is 0 Å². The van der Waals surface area contributed by atoms with E-state index < -0.39 is 0 Å². The first-order chi connectivity index (χ1) is 7.62. The minimum Gasteiger partial charge on any atom is -0.268 e. The largest absolute Gasteiger partial charge is 0.268 e. The second-order valence-corrected chi connectivity index (χ2v) is 5.47. The van der Waals surface area contributed by atoms with E-state index in [4.69, 9.17) is 23.2 Å². The standard InChI is InChI=1S/C12H18Cl2N2/c1-3-16-10(11(14)9(2)15-16)7-12(8-13)5-4-6-12/h3-8H2,1-2H3. The van der Waals surface area contributed by atoms with E-state index >= 15 is 0 Å². The molecule has 1 fully saturated rings. The third-order valence-electron chi connectivity index (χ3n) is 3.69. The summed E-state index contributed by atoms with van der Waals surface area (Å²) in [6.45, 7) is 4.94. The number of rotatable bonds is 4. The van der Waals surface area contributed by atoms with Gasteiger partial charge in [0.05, 0.1) is 16.4 Å². The maximum atomic E-state index is 6.31. The molecule has 0 bridgehead atoms. The van der Waals surface area contributed by atoms with Gasteiger partial charge in [-0.15, -0.1) is 11.6 Å². The molecule has 0 N–H and O–H groups in total. The van der Waals surface area contributed by atoms with Crippen LogP contribution in [0.15, 0.2) is 0 Å². The average Bonchev–Trinajstić information content (AvgIpc) is 2.50. The van der Waals surface area contributed by atoms with E-state index in [-0.39, 0.29) is 5.41 Å². The van der Waals surface area contributed by atoms with Crippen LogP contribution in [-0.4, -0.2) is 15.7 Å². The minimum absolute atomic E-state index is 0.282. The van der Waals surface area contributed by atoms with Crippen molar-refractivity contribution in [3.63, 3.8) is 0 Å². The number of hydrogen-bond acceptors (Lipinski definition) is 1. The lowest BCUT2D eigenvalue weighted by Crippen LogP contribution is -2.34. The van der Waals surface area contributed by atoms with Gasteiger partial charge in [-0.25, -0.2) is 0 Å². The van der Waals surface area contributed by atoms with Gasteiger partial charge in [0.1, 0.15) is 0 Å². The zero-order valence-corrected chi connectivity index (χ0v) is 11.4. The fraction of sp³-hybridized carbons (Fsp3) is 0.750. The molecular formula is C12H18Cl2N2. The van der Waals surface area contributed by atoms with Gasteiger partial charge >= 0.3 is 0 Å². The number of aromatic nitrogens is 2. The predicted molar refractivity (Wildman–Crippen MR) is 68.4 cm³/mol. The van der Waals surface area contributed by atoms with Gasteiger partial charge in [0.25, 0.3) is 0 Å². The smallest absolute Gasteiger partial charge is 0.0847 e. The normalized spacial score (nSPS) is 18.5. The lowest BCUT2D eigenvalue weighted by molar-refractivity contribution is 0.162. The summed E-state index contributed by atoms with van der Waals surface area (Å²) in [6.07, 6.45) is 4.72. The van der Waals surface area contributed by atoms with E-state index in [9.17, 15) is 0 Å². The van der Waals surface area contributed by atoms with Gasteiger partial charge in [-0.3, -0.25) is 4.68 Å². The van der Waals surface area contributed by atoms with Gasteiger partial charge in [-0.1, -0.05) is 18.0 Å². The number of nitrogens with zero attached hydrogens (tertiary/aromatic N) is 2. The van der Waals surface area contributed by atoms with Crippen LogP contribution in [0.5, 0.6) is 0 Å². The Morgan fingerprint density at radius 3 is 2.56 bits per heavy atom. The predicted octanol–water partition coefficient (Wildman–Crippen LogP) is 3.82. The molecule has 0 spiro atoms. The van der Waals surface area contributed by atoms with Gasteiger partial charge in [-0.2, -0.15) is 5.10 Å². The van der Waals surface area contributed by atoms with Crippen molar-refractivity contribution in [2.24, 2.45) is 5.41 Å².